The van der Waals surface area contributed by atoms with Gasteiger partial charge in [-0.25, -0.2) is 19.2 Å². The Morgan fingerprint density at radius 2 is 2.06 bits per heavy atom. The van der Waals surface area contributed by atoms with Gasteiger partial charge in [-0.3, -0.25) is 4.90 Å². The molecule has 1 saturated heterocycles. The number of hydrogen-bond donors (Lipinski definition) is 2. The zero-order chi connectivity index (χ0) is 12.3. The predicted molar refractivity (Wildman–Crippen MR) is 66.0 cm³/mol. The van der Waals surface area contributed by atoms with Gasteiger partial charge in [0.15, 0.2) is 9.84 Å². The van der Waals surface area contributed by atoms with Gasteiger partial charge in [-0.1, -0.05) is 6.07 Å². The number of rotatable bonds is 3. The third kappa shape index (κ3) is 3.39. The Balaban J connectivity index is 1.97. The summed E-state index contributed by atoms with van der Waals surface area (Å²) in [6.07, 6.45) is 0. The molecule has 6 nitrogen and oxygen atoms in total. The lowest BCUT2D eigenvalue weighted by Crippen LogP contribution is -2.39. The van der Waals surface area contributed by atoms with E-state index in [2.05, 4.69) is 15.3 Å². The Bertz CT molecular complexity index is 475. The lowest BCUT2D eigenvalue weighted by Gasteiger charge is -2.26. The average molecular weight is 256 g/mol. The van der Waals surface area contributed by atoms with Crippen LogP contribution in [0.2, 0.25) is 0 Å². The smallest absolute Gasteiger partial charge is 0.152 e. The van der Waals surface area contributed by atoms with E-state index in [1.807, 2.05) is 12.1 Å². The van der Waals surface area contributed by atoms with Gasteiger partial charge in [0.1, 0.15) is 5.82 Å². The molecule has 3 N–H and O–H groups in total. The second kappa shape index (κ2) is 4.99. The molecule has 0 aromatic carbocycles. The maximum atomic E-state index is 11.3. The van der Waals surface area contributed by atoms with E-state index >= 15 is 0 Å². The van der Waals surface area contributed by atoms with Crippen LogP contribution in [0.15, 0.2) is 18.2 Å². The molecule has 0 aliphatic carbocycles. The van der Waals surface area contributed by atoms with Crippen molar-refractivity contribution in [2.45, 2.75) is 6.54 Å². The topological polar surface area (TPSA) is 88.3 Å². The molecule has 0 spiro atoms. The molecule has 7 heteroatoms. The summed E-state index contributed by atoms with van der Waals surface area (Å²) < 4.78 is 22.6. The van der Waals surface area contributed by atoms with E-state index in [4.69, 9.17) is 5.84 Å². The molecule has 2 rings (SSSR count). The number of hydrazine groups is 1. The zero-order valence-corrected chi connectivity index (χ0v) is 10.3. The van der Waals surface area contributed by atoms with Crippen LogP contribution in [0.4, 0.5) is 5.82 Å². The van der Waals surface area contributed by atoms with Crippen LogP contribution in [0.25, 0.3) is 0 Å². The van der Waals surface area contributed by atoms with E-state index in [-0.39, 0.29) is 11.5 Å². The Labute approximate surface area is 101 Å². The van der Waals surface area contributed by atoms with Crippen molar-refractivity contribution >= 4 is 15.7 Å². The minimum Gasteiger partial charge on any atom is -0.308 e. The van der Waals surface area contributed by atoms with Crippen LogP contribution in [0.5, 0.6) is 0 Å². The summed E-state index contributed by atoms with van der Waals surface area (Å²) in [5, 5.41) is 0. The molecule has 1 aromatic rings. The molecule has 2 heterocycles. The van der Waals surface area contributed by atoms with Gasteiger partial charge in [0.25, 0.3) is 0 Å². The summed E-state index contributed by atoms with van der Waals surface area (Å²) in [6.45, 7) is 1.81. The molecular weight excluding hydrogens is 240 g/mol. The Morgan fingerprint density at radius 3 is 2.71 bits per heavy atom. The van der Waals surface area contributed by atoms with Gasteiger partial charge in [-0.2, -0.15) is 0 Å². The first kappa shape index (κ1) is 12.3. The van der Waals surface area contributed by atoms with Gasteiger partial charge in [0.2, 0.25) is 0 Å². The van der Waals surface area contributed by atoms with Crippen molar-refractivity contribution in [3.8, 4) is 0 Å². The molecule has 1 aromatic heterocycles. The van der Waals surface area contributed by atoms with E-state index in [0.717, 1.165) is 5.69 Å². The zero-order valence-electron chi connectivity index (χ0n) is 9.46. The van der Waals surface area contributed by atoms with Crippen molar-refractivity contribution in [3.63, 3.8) is 0 Å². The molecule has 1 aliphatic rings. The normalized spacial score (nSPS) is 20.1. The van der Waals surface area contributed by atoms with Gasteiger partial charge >= 0.3 is 0 Å². The van der Waals surface area contributed by atoms with Crippen LogP contribution < -0.4 is 11.3 Å². The largest absolute Gasteiger partial charge is 0.308 e. The number of aromatic nitrogens is 1. The minimum atomic E-state index is -2.82. The van der Waals surface area contributed by atoms with Gasteiger partial charge in [-0.15, -0.1) is 0 Å². The molecule has 0 atom stereocenters. The fraction of sp³-hybridized carbons (Fsp3) is 0.500. The fourth-order valence-electron chi connectivity index (χ4n) is 1.79. The maximum Gasteiger partial charge on any atom is 0.152 e. The van der Waals surface area contributed by atoms with Crippen molar-refractivity contribution in [1.29, 1.82) is 0 Å². The van der Waals surface area contributed by atoms with Crippen molar-refractivity contribution in [1.82, 2.24) is 9.88 Å². The highest BCUT2D eigenvalue weighted by Gasteiger charge is 2.21. The highest BCUT2D eigenvalue weighted by atomic mass is 32.2. The summed E-state index contributed by atoms with van der Waals surface area (Å²) in [7, 11) is -2.82. The highest BCUT2D eigenvalue weighted by molar-refractivity contribution is 7.91. The van der Waals surface area contributed by atoms with Crippen molar-refractivity contribution in [3.05, 3.63) is 23.9 Å². The third-order valence-electron chi connectivity index (χ3n) is 2.78. The molecule has 94 valence electrons. The first-order valence-electron chi connectivity index (χ1n) is 5.44. The fourth-order valence-corrected chi connectivity index (χ4v) is 3.06. The first-order valence-corrected chi connectivity index (χ1v) is 7.26. The number of anilines is 1. The average Bonchev–Trinajstić information content (AvgIpc) is 2.32. The van der Waals surface area contributed by atoms with E-state index in [1.165, 1.54) is 0 Å². The first-order chi connectivity index (χ1) is 8.09. The molecule has 0 saturated carbocycles. The molecule has 0 radical (unpaired) electrons. The Hall–Kier alpha value is -1.18. The van der Waals surface area contributed by atoms with Gasteiger partial charge in [0.05, 0.1) is 17.2 Å². The van der Waals surface area contributed by atoms with Crippen LogP contribution in [-0.4, -0.2) is 42.9 Å². The van der Waals surface area contributed by atoms with E-state index in [1.54, 1.807) is 6.07 Å². The van der Waals surface area contributed by atoms with E-state index in [0.29, 0.717) is 25.5 Å². The summed E-state index contributed by atoms with van der Waals surface area (Å²) in [5.41, 5.74) is 3.38. The summed E-state index contributed by atoms with van der Waals surface area (Å²) >= 11 is 0. The van der Waals surface area contributed by atoms with Crippen molar-refractivity contribution < 1.29 is 8.42 Å². The number of nitrogens with two attached hydrogens (primary N) is 1. The molecule has 1 aliphatic heterocycles. The maximum absolute atomic E-state index is 11.3. The minimum absolute atomic E-state index is 0.238. The predicted octanol–water partition coefficient (Wildman–Crippen LogP) is -0.402. The van der Waals surface area contributed by atoms with Crippen LogP contribution in [-0.2, 0) is 16.4 Å². The number of pyridine rings is 1. The molecule has 0 amide bonds. The number of nitrogen functional groups attached to an aromatic ring is 1. The van der Waals surface area contributed by atoms with Crippen LogP contribution in [0, 0.1) is 0 Å². The van der Waals surface area contributed by atoms with Gasteiger partial charge in [-0.05, 0) is 12.1 Å². The highest BCUT2D eigenvalue weighted by Crippen LogP contribution is 2.10. The monoisotopic (exact) mass is 256 g/mol. The molecule has 0 unspecified atom stereocenters. The molecule has 17 heavy (non-hydrogen) atoms. The van der Waals surface area contributed by atoms with Gasteiger partial charge in [0, 0.05) is 19.6 Å². The lowest BCUT2D eigenvalue weighted by molar-refractivity contribution is 0.284. The molecule has 1 fully saturated rings. The SMILES string of the molecule is NNc1cccc(CN2CCS(=O)(=O)CC2)n1. The van der Waals surface area contributed by atoms with Crippen molar-refractivity contribution in [2.24, 2.45) is 5.84 Å². The Kier molecular flexibility index (Phi) is 3.60. The second-order valence-electron chi connectivity index (χ2n) is 4.09. The summed E-state index contributed by atoms with van der Waals surface area (Å²) in [4.78, 5) is 6.38. The number of sulfone groups is 1. The lowest BCUT2D eigenvalue weighted by atomic mass is 10.3. The van der Waals surface area contributed by atoms with Crippen LogP contribution in [0.1, 0.15) is 5.69 Å². The number of nitrogens with zero attached hydrogens (tertiary/aromatic N) is 2. The second-order valence-corrected chi connectivity index (χ2v) is 6.39. The molecular formula is C10H16N4O2S. The molecule has 0 bridgehead atoms. The summed E-state index contributed by atoms with van der Waals surface area (Å²) in [6, 6.07) is 5.56. The standard InChI is InChI=1S/C10H16N4O2S/c11-13-10-3-1-2-9(12-10)8-14-4-6-17(15,16)7-5-14/h1-3H,4-8,11H2,(H,12,13). The summed E-state index contributed by atoms with van der Waals surface area (Å²) in [5.74, 6) is 6.38. The Morgan fingerprint density at radius 1 is 1.35 bits per heavy atom. The van der Waals surface area contributed by atoms with E-state index < -0.39 is 9.84 Å². The third-order valence-corrected chi connectivity index (χ3v) is 4.39. The van der Waals surface area contributed by atoms with Crippen LogP contribution >= 0.6 is 0 Å². The van der Waals surface area contributed by atoms with E-state index in [9.17, 15) is 8.42 Å². The number of hydrogen-bond acceptors (Lipinski definition) is 6. The quantitative estimate of drug-likeness (QED) is 0.565. The number of nitrogens with one attached hydrogen (secondary N) is 1. The van der Waals surface area contributed by atoms with Crippen molar-refractivity contribution in [2.75, 3.05) is 30.0 Å². The van der Waals surface area contributed by atoms with Gasteiger partial charge < -0.3 is 5.43 Å². The van der Waals surface area contributed by atoms with Crippen LogP contribution in [0.3, 0.4) is 0 Å².